The van der Waals surface area contributed by atoms with Gasteiger partial charge in [-0.25, -0.2) is 0 Å². The maximum Gasteiger partial charge on any atom is 0.151 e. The fourth-order valence-corrected chi connectivity index (χ4v) is 2.19. The van der Waals surface area contributed by atoms with Gasteiger partial charge < -0.3 is 0 Å². The Balaban J connectivity index is 2.52. The first-order chi connectivity index (χ1) is 8.33. The third-order valence-electron chi connectivity index (χ3n) is 2.47. The zero-order chi connectivity index (χ0) is 12.1. The lowest BCUT2D eigenvalue weighted by molar-refractivity contribution is -0.103. The van der Waals surface area contributed by atoms with Gasteiger partial charge in [0.2, 0.25) is 0 Å². The van der Waals surface area contributed by atoms with Gasteiger partial charge in [-0.15, -0.1) is 0 Å². The zero-order valence-electron chi connectivity index (χ0n) is 9.14. The molecule has 0 amide bonds. The molecule has 0 spiro atoms. The Morgan fingerprint density at radius 3 is 1.76 bits per heavy atom. The highest BCUT2D eigenvalue weighted by molar-refractivity contribution is 9.15. The number of aldehydes is 1. The van der Waals surface area contributed by atoms with Crippen molar-refractivity contribution >= 4 is 32.3 Å². The third kappa shape index (κ3) is 2.71. The Morgan fingerprint density at radius 2 is 1.29 bits per heavy atom. The van der Waals surface area contributed by atoms with Crippen molar-refractivity contribution in [3.8, 4) is 0 Å². The number of rotatable bonds is 3. The van der Waals surface area contributed by atoms with Crippen LogP contribution < -0.4 is 0 Å². The number of hydrogen-bond acceptors (Lipinski definition) is 1. The molecule has 2 rings (SSSR count). The summed E-state index contributed by atoms with van der Waals surface area (Å²) < 4.78 is 0.819. The van der Waals surface area contributed by atoms with Crippen LogP contribution in [0.2, 0.25) is 0 Å². The van der Waals surface area contributed by atoms with Crippen LogP contribution in [0.3, 0.4) is 0 Å². The lowest BCUT2D eigenvalue weighted by atomic mass is 10.0. The quantitative estimate of drug-likeness (QED) is 0.471. The number of allylic oxidation sites excluding steroid dienone is 1. The van der Waals surface area contributed by atoms with Crippen molar-refractivity contribution in [3.05, 3.63) is 71.8 Å². The van der Waals surface area contributed by atoms with E-state index in [4.69, 9.17) is 0 Å². The molecule has 0 radical (unpaired) electrons. The molecule has 0 saturated carbocycles. The van der Waals surface area contributed by atoms with Crippen molar-refractivity contribution in [1.29, 1.82) is 0 Å². The minimum Gasteiger partial charge on any atom is -0.298 e. The molecule has 0 aliphatic carbocycles. The molecule has 2 aromatic rings. The summed E-state index contributed by atoms with van der Waals surface area (Å²) in [6, 6.07) is 19.4. The highest BCUT2D eigenvalue weighted by atomic mass is 79.9. The summed E-state index contributed by atoms with van der Waals surface area (Å²) in [5.74, 6) is 0. The van der Waals surface area contributed by atoms with Crippen LogP contribution in [-0.2, 0) is 4.79 Å². The van der Waals surface area contributed by atoms with Gasteiger partial charge in [-0.2, -0.15) is 0 Å². The maximum absolute atomic E-state index is 11.2. The van der Waals surface area contributed by atoms with Crippen molar-refractivity contribution in [2.75, 3.05) is 0 Å². The SMILES string of the molecule is O=CC(=C(Br)c1ccccc1)c1ccccc1. The molecule has 0 bridgehead atoms. The van der Waals surface area contributed by atoms with E-state index in [1.165, 1.54) is 0 Å². The van der Waals surface area contributed by atoms with Crippen molar-refractivity contribution < 1.29 is 4.79 Å². The van der Waals surface area contributed by atoms with E-state index >= 15 is 0 Å². The van der Waals surface area contributed by atoms with Crippen molar-refractivity contribution in [2.24, 2.45) is 0 Å². The summed E-state index contributed by atoms with van der Waals surface area (Å²) in [5.41, 5.74) is 2.58. The fraction of sp³-hybridized carbons (Fsp3) is 0. The summed E-state index contributed by atoms with van der Waals surface area (Å²) in [5, 5.41) is 0. The summed E-state index contributed by atoms with van der Waals surface area (Å²) in [6.07, 6.45) is 0.881. The molecule has 0 unspecified atom stereocenters. The van der Waals surface area contributed by atoms with Gasteiger partial charge in [0.1, 0.15) is 0 Å². The van der Waals surface area contributed by atoms with Gasteiger partial charge >= 0.3 is 0 Å². The van der Waals surface area contributed by atoms with Crippen molar-refractivity contribution in [1.82, 2.24) is 0 Å². The van der Waals surface area contributed by atoms with E-state index in [9.17, 15) is 4.79 Å². The first-order valence-corrected chi connectivity index (χ1v) is 6.08. The van der Waals surface area contributed by atoms with Crippen LogP contribution in [0, 0.1) is 0 Å². The molecule has 0 aliphatic heterocycles. The second-order valence-corrected chi connectivity index (χ2v) is 4.37. The second kappa shape index (κ2) is 5.60. The average molecular weight is 287 g/mol. The predicted molar refractivity (Wildman–Crippen MR) is 74.7 cm³/mol. The topological polar surface area (TPSA) is 17.1 Å². The number of carbonyl (C=O) groups excluding carboxylic acids is 1. The lowest BCUT2D eigenvalue weighted by Crippen LogP contribution is -1.88. The van der Waals surface area contributed by atoms with Crippen LogP contribution in [-0.4, -0.2) is 6.29 Å². The smallest absolute Gasteiger partial charge is 0.151 e. The minimum absolute atomic E-state index is 0.664. The number of halogens is 1. The van der Waals surface area contributed by atoms with Gasteiger partial charge in [0.25, 0.3) is 0 Å². The van der Waals surface area contributed by atoms with E-state index in [0.717, 1.165) is 21.9 Å². The van der Waals surface area contributed by atoms with Crippen LogP contribution in [0.5, 0.6) is 0 Å². The van der Waals surface area contributed by atoms with E-state index in [-0.39, 0.29) is 0 Å². The van der Waals surface area contributed by atoms with Crippen LogP contribution in [0.1, 0.15) is 11.1 Å². The van der Waals surface area contributed by atoms with Crippen molar-refractivity contribution in [3.63, 3.8) is 0 Å². The van der Waals surface area contributed by atoms with Gasteiger partial charge in [0.15, 0.2) is 6.29 Å². The van der Waals surface area contributed by atoms with Crippen LogP contribution in [0.25, 0.3) is 10.1 Å². The second-order valence-electron chi connectivity index (χ2n) is 3.58. The van der Waals surface area contributed by atoms with E-state index in [1.54, 1.807) is 0 Å². The van der Waals surface area contributed by atoms with Crippen LogP contribution in [0.15, 0.2) is 60.7 Å². The number of benzene rings is 2. The molecular weight excluding hydrogens is 276 g/mol. The highest BCUT2D eigenvalue weighted by Crippen LogP contribution is 2.29. The first kappa shape index (κ1) is 11.8. The van der Waals surface area contributed by atoms with Gasteiger partial charge in [0, 0.05) is 10.1 Å². The lowest BCUT2D eigenvalue weighted by Gasteiger charge is -2.05. The molecule has 0 saturated heterocycles. The molecule has 0 aliphatic rings. The molecule has 0 atom stereocenters. The summed E-state index contributed by atoms with van der Waals surface area (Å²) in [4.78, 5) is 11.2. The Kier molecular flexibility index (Phi) is 3.89. The van der Waals surface area contributed by atoms with Gasteiger partial charge in [-0.1, -0.05) is 60.7 Å². The predicted octanol–water partition coefficient (Wildman–Crippen LogP) is 4.15. The summed E-state index contributed by atoms with van der Waals surface area (Å²) in [6.45, 7) is 0. The third-order valence-corrected chi connectivity index (χ3v) is 3.35. The molecule has 1 nitrogen and oxygen atoms in total. The van der Waals surface area contributed by atoms with Crippen LogP contribution >= 0.6 is 15.9 Å². The van der Waals surface area contributed by atoms with E-state index < -0.39 is 0 Å². The standard InChI is InChI=1S/C15H11BrO/c16-15(13-9-5-2-6-10-13)14(11-17)12-7-3-1-4-8-12/h1-11H. The Hall–Kier alpha value is -1.67. The Labute approximate surface area is 109 Å². The van der Waals surface area contributed by atoms with E-state index in [1.807, 2.05) is 60.7 Å². The molecule has 84 valence electrons. The first-order valence-electron chi connectivity index (χ1n) is 5.28. The Morgan fingerprint density at radius 1 is 0.824 bits per heavy atom. The minimum atomic E-state index is 0.664. The molecule has 2 aromatic carbocycles. The molecular formula is C15H11BrO. The molecule has 0 aromatic heterocycles. The maximum atomic E-state index is 11.2. The van der Waals surface area contributed by atoms with E-state index in [2.05, 4.69) is 15.9 Å². The summed E-state index contributed by atoms with van der Waals surface area (Å²) >= 11 is 3.50. The molecule has 0 N–H and O–H groups in total. The molecule has 17 heavy (non-hydrogen) atoms. The largest absolute Gasteiger partial charge is 0.298 e. The molecule has 2 heteroatoms. The van der Waals surface area contributed by atoms with Crippen LogP contribution in [0.4, 0.5) is 0 Å². The highest BCUT2D eigenvalue weighted by Gasteiger charge is 2.07. The van der Waals surface area contributed by atoms with Gasteiger partial charge in [0.05, 0.1) is 0 Å². The average Bonchev–Trinajstić information content (AvgIpc) is 2.42. The van der Waals surface area contributed by atoms with E-state index in [0.29, 0.717) is 5.57 Å². The van der Waals surface area contributed by atoms with Gasteiger partial charge in [-0.3, -0.25) is 4.79 Å². The van der Waals surface area contributed by atoms with Crippen molar-refractivity contribution in [2.45, 2.75) is 0 Å². The number of hydrogen-bond donors (Lipinski definition) is 0. The van der Waals surface area contributed by atoms with Gasteiger partial charge in [-0.05, 0) is 27.1 Å². The monoisotopic (exact) mass is 286 g/mol. The fourth-order valence-electron chi connectivity index (χ4n) is 1.60. The normalized spacial score (nSPS) is 11.8. The Bertz CT molecular complexity index is 529. The molecule has 0 fully saturated rings. The summed E-state index contributed by atoms with van der Waals surface area (Å²) in [7, 11) is 0. The molecule has 0 heterocycles. The number of carbonyl (C=O) groups is 1. The zero-order valence-corrected chi connectivity index (χ0v) is 10.7.